The molecule has 1 aliphatic heterocycles. The van der Waals surface area contributed by atoms with E-state index in [0.717, 1.165) is 0 Å². The van der Waals surface area contributed by atoms with E-state index in [0.29, 0.717) is 25.1 Å². The summed E-state index contributed by atoms with van der Waals surface area (Å²) >= 11 is 0. The van der Waals surface area contributed by atoms with E-state index in [1.165, 1.54) is 31.3 Å². The van der Waals surface area contributed by atoms with Gasteiger partial charge in [0, 0.05) is 24.9 Å². The van der Waals surface area contributed by atoms with Gasteiger partial charge in [0.15, 0.2) is 0 Å². The van der Waals surface area contributed by atoms with Crippen molar-refractivity contribution in [3.63, 3.8) is 0 Å². The number of nitrogens with zero attached hydrogens (tertiary/aromatic N) is 2. The average Bonchev–Trinajstić information content (AvgIpc) is 3.31. The van der Waals surface area contributed by atoms with Gasteiger partial charge in [-0.25, -0.2) is 9.78 Å². The number of H-pyrrole nitrogens is 1. The van der Waals surface area contributed by atoms with E-state index < -0.39 is 47.9 Å². The molecule has 4 atom stereocenters. The lowest BCUT2D eigenvalue weighted by Gasteiger charge is -2.28. The molecule has 0 bridgehead atoms. The third-order valence-corrected chi connectivity index (χ3v) is 4.57. The van der Waals surface area contributed by atoms with Crippen LogP contribution in [0, 0.1) is 0 Å². The highest BCUT2D eigenvalue weighted by atomic mass is 16.4. The first kappa shape index (κ1) is 21.4. The van der Waals surface area contributed by atoms with Gasteiger partial charge < -0.3 is 31.4 Å². The first-order valence-corrected chi connectivity index (χ1v) is 9.07. The van der Waals surface area contributed by atoms with Gasteiger partial charge in [-0.05, 0) is 26.7 Å². The molecule has 154 valence electrons. The predicted octanol–water partition coefficient (Wildman–Crippen LogP) is -1.64. The highest BCUT2D eigenvalue weighted by Crippen LogP contribution is 2.19. The third-order valence-electron chi connectivity index (χ3n) is 4.57. The van der Waals surface area contributed by atoms with E-state index in [1.807, 2.05) is 0 Å². The smallest absolute Gasteiger partial charge is 0.326 e. The van der Waals surface area contributed by atoms with Crippen LogP contribution in [0.4, 0.5) is 0 Å². The Morgan fingerprint density at radius 2 is 2.07 bits per heavy atom. The molecule has 1 aromatic heterocycles. The topological polar surface area (TPSA) is 171 Å². The van der Waals surface area contributed by atoms with Gasteiger partial charge in [-0.2, -0.15) is 0 Å². The fraction of sp³-hybridized carbons (Fsp3) is 0.588. The molecule has 1 fully saturated rings. The standard InChI is InChI=1S/C17H26N6O5/c1-9(18)14(24)21-10(2)16(26)23-5-3-4-13(23)15(25)22-12(17(27)28)6-11-7-19-8-20-11/h7-10,12-13H,3-6,18H2,1-2H3,(H,19,20)(H,21,24)(H,22,25)(H,27,28). The Labute approximate surface area is 162 Å². The quantitative estimate of drug-likeness (QED) is 0.352. The number of imidazole rings is 1. The summed E-state index contributed by atoms with van der Waals surface area (Å²) in [5.74, 6) is -2.60. The maximum Gasteiger partial charge on any atom is 0.326 e. The van der Waals surface area contributed by atoms with Crippen LogP contribution in [-0.2, 0) is 25.6 Å². The molecule has 3 amide bonds. The molecular formula is C17H26N6O5. The Bertz CT molecular complexity index is 720. The molecule has 2 heterocycles. The molecule has 0 radical (unpaired) electrons. The van der Waals surface area contributed by atoms with Gasteiger partial charge in [-0.15, -0.1) is 0 Å². The van der Waals surface area contributed by atoms with Gasteiger partial charge >= 0.3 is 5.97 Å². The molecule has 2 rings (SSSR count). The van der Waals surface area contributed by atoms with Crippen LogP contribution in [0.1, 0.15) is 32.4 Å². The minimum atomic E-state index is -1.18. The van der Waals surface area contributed by atoms with Crippen molar-refractivity contribution in [1.29, 1.82) is 0 Å². The van der Waals surface area contributed by atoms with E-state index in [1.54, 1.807) is 0 Å². The summed E-state index contributed by atoms with van der Waals surface area (Å²) < 4.78 is 0. The van der Waals surface area contributed by atoms with Gasteiger partial charge in [0.2, 0.25) is 17.7 Å². The number of nitrogens with two attached hydrogens (primary N) is 1. The zero-order chi connectivity index (χ0) is 20.8. The van der Waals surface area contributed by atoms with Crippen LogP contribution >= 0.6 is 0 Å². The van der Waals surface area contributed by atoms with Gasteiger partial charge in [-0.1, -0.05) is 0 Å². The second-order valence-corrected chi connectivity index (χ2v) is 6.89. The second kappa shape index (κ2) is 9.31. The van der Waals surface area contributed by atoms with Crippen LogP contribution in [0.3, 0.4) is 0 Å². The Kier molecular flexibility index (Phi) is 7.10. The van der Waals surface area contributed by atoms with Crippen LogP contribution < -0.4 is 16.4 Å². The number of likely N-dealkylation sites (tertiary alicyclic amines) is 1. The van der Waals surface area contributed by atoms with Crippen molar-refractivity contribution in [2.45, 2.75) is 57.3 Å². The van der Waals surface area contributed by atoms with Crippen molar-refractivity contribution < 1.29 is 24.3 Å². The number of rotatable bonds is 8. The highest BCUT2D eigenvalue weighted by molar-refractivity contribution is 5.94. The number of carboxylic acid groups (broad SMARTS) is 1. The van der Waals surface area contributed by atoms with Gasteiger partial charge in [0.05, 0.1) is 12.4 Å². The molecule has 0 spiro atoms. The lowest BCUT2D eigenvalue weighted by molar-refractivity contribution is -0.144. The number of hydrogen-bond donors (Lipinski definition) is 5. The lowest BCUT2D eigenvalue weighted by atomic mass is 10.1. The van der Waals surface area contributed by atoms with E-state index in [2.05, 4.69) is 20.6 Å². The number of aromatic amines is 1. The number of carbonyl (C=O) groups excluding carboxylic acids is 3. The van der Waals surface area contributed by atoms with Crippen molar-refractivity contribution in [1.82, 2.24) is 25.5 Å². The van der Waals surface area contributed by atoms with Gasteiger partial charge in [-0.3, -0.25) is 14.4 Å². The van der Waals surface area contributed by atoms with Crippen LogP contribution in [0.15, 0.2) is 12.5 Å². The molecule has 0 aliphatic carbocycles. The number of carboxylic acids is 1. The lowest BCUT2D eigenvalue weighted by Crippen LogP contribution is -2.56. The highest BCUT2D eigenvalue weighted by Gasteiger charge is 2.37. The normalized spacial score (nSPS) is 19.5. The summed E-state index contributed by atoms with van der Waals surface area (Å²) in [6.07, 6.45) is 3.97. The van der Waals surface area contributed by atoms with Crippen molar-refractivity contribution in [3.05, 3.63) is 18.2 Å². The average molecular weight is 394 g/mol. The van der Waals surface area contributed by atoms with Crippen LogP contribution in [-0.4, -0.2) is 74.4 Å². The molecule has 1 saturated heterocycles. The molecule has 1 aliphatic rings. The molecule has 28 heavy (non-hydrogen) atoms. The molecular weight excluding hydrogens is 368 g/mol. The molecule has 6 N–H and O–H groups in total. The SMILES string of the molecule is CC(N)C(=O)NC(C)C(=O)N1CCCC1C(=O)NC(Cc1cnc[nH]1)C(=O)O. The van der Waals surface area contributed by atoms with Crippen molar-refractivity contribution >= 4 is 23.7 Å². The van der Waals surface area contributed by atoms with Gasteiger partial charge in [0.25, 0.3) is 0 Å². The first-order valence-electron chi connectivity index (χ1n) is 9.07. The number of hydrogen-bond acceptors (Lipinski definition) is 6. The zero-order valence-electron chi connectivity index (χ0n) is 15.8. The Balaban J connectivity index is 2.01. The molecule has 1 aromatic rings. The van der Waals surface area contributed by atoms with E-state index >= 15 is 0 Å². The minimum absolute atomic E-state index is 0.0442. The van der Waals surface area contributed by atoms with Crippen LogP contribution in [0.25, 0.3) is 0 Å². The zero-order valence-corrected chi connectivity index (χ0v) is 15.8. The van der Waals surface area contributed by atoms with Crippen molar-refractivity contribution in [2.24, 2.45) is 5.73 Å². The predicted molar refractivity (Wildman–Crippen MR) is 97.8 cm³/mol. The first-order chi connectivity index (χ1) is 13.2. The van der Waals surface area contributed by atoms with Crippen molar-refractivity contribution in [3.8, 4) is 0 Å². The van der Waals surface area contributed by atoms with Crippen molar-refractivity contribution in [2.75, 3.05) is 6.54 Å². The summed E-state index contributed by atoms with van der Waals surface area (Å²) in [6, 6.07) is -3.54. The summed E-state index contributed by atoms with van der Waals surface area (Å²) in [7, 11) is 0. The Morgan fingerprint density at radius 1 is 1.36 bits per heavy atom. The number of carbonyl (C=O) groups is 4. The maximum atomic E-state index is 12.7. The van der Waals surface area contributed by atoms with Crippen LogP contribution in [0.5, 0.6) is 0 Å². The minimum Gasteiger partial charge on any atom is -0.480 e. The number of amides is 3. The Morgan fingerprint density at radius 3 is 2.64 bits per heavy atom. The summed E-state index contributed by atoms with van der Waals surface area (Å²) in [4.78, 5) is 56.5. The van der Waals surface area contributed by atoms with E-state index in [4.69, 9.17) is 5.73 Å². The third kappa shape index (κ3) is 5.28. The van der Waals surface area contributed by atoms with Gasteiger partial charge in [0.1, 0.15) is 18.1 Å². The fourth-order valence-corrected chi connectivity index (χ4v) is 3.04. The van der Waals surface area contributed by atoms with E-state index in [-0.39, 0.29) is 6.42 Å². The molecule has 0 aromatic carbocycles. The molecule has 11 nitrogen and oxygen atoms in total. The molecule has 11 heteroatoms. The number of aliphatic carboxylic acids is 1. The fourth-order valence-electron chi connectivity index (χ4n) is 3.04. The number of nitrogens with one attached hydrogen (secondary N) is 3. The monoisotopic (exact) mass is 394 g/mol. The molecule has 4 unspecified atom stereocenters. The van der Waals surface area contributed by atoms with E-state index in [9.17, 15) is 24.3 Å². The summed E-state index contributed by atoms with van der Waals surface area (Å²) in [5.41, 5.74) is 6.06. The summed E-state index contributed by atoms with van der Waals surface area (Å²) in [5, 5.41) is 14.4. The Hall–Kier alpha value is -2.95. The maximum absolute atomic E-state index is 12.7. The molecule has 0 saturated carbocycles. The number of aromatic nitrogens is 2. The second-order valence-electron chi connectivity index (χ2n) is 6.89. The van der Waals surface area contributed by atoms with Crippen LogP contribution in [0.2, 0.25) is 0 Å². The largest absolute Gasteiger partial charge is 0.480 e. The summed E-state index contributed by atoms with van der Waals surface area (Å²) in [6.45, 7) is 3.38.